The average Bonchev–Trinajstić information content (AvgIpc) is 2.29. The molecule has 0 bridgehead atoms. The number of cyclic esters (lactones) is 4. The van der Waals surface area contributed by atoms with Gasteiger partial charge in [0.05, 0.1) is 0 Å². The van der Waals surface area contributed by atoms with E-state index in [2.05, 4.69) is 18.9 Å². The van der Waals surface area contributed by atoms with Crippen molar-refractivity contribution < 1.29 is 38.1 Å². The van der Waals surface area contributed by atoms with Crippen LogP contribution in [0.25, 0.3) is 0 Å². The van der Waals surface area contributed by atoms with Crippen LogP contribution in [-0.4, -0.2) is 50.3 Å². The van der Waals surface area contributed by atoms with Crippen LogP contribution >= 0.6 is 0 Å². The second-order valence-electron chi connectivity index (χ2n) is 3.24. The fourth-order valence-electron chi connectivity index (χ4n) is 1.06. The molecule has 1 rings (SSSR count). The normalized spacial score (nSPS) is 20.0. The van der Waals surface area contributed by atoms with Crippen LogP contribution in [0.3, 0.4) is 0 Å². The van der Waals surface area contributed by atoms with E-state index in [1.54, 1.807) is 0 Å². The summed E-state index contributed by atoms with van der Waals surface area (Å²) in [5.41, 5.74) is 0. The van der Waals surface area contributed by atoms with Crippen LogP contribution < -0.4 is 0 Å². The Morgan fingerprint density at radius 3 is 0.944 bits per heavy atom. The molecule has 0 aromatic rings. The highest BCUT2D eigenvalue weighted by Gasteiger charge is 2.16. The van der Waals surface area contributed by atoms with E-state index in [4.69, 9.17) is 0 Å². The lowest BCUT2D eigenvalue weighted by molar-refractivity contribution is -0.164. The number of hydrogen-bond donors (Lipinski definition) is 0. The van der Waals surface area contributed by atoms with E-state index in [0.29, 0.717) is 0 Å². The summed E-state index contributed by atoms with van der Waals surface area (Å²) in [4.78, 5) is 44.2. The molecule has 0 spiro atoms. The predicted octanol–water partition coefficient (Wildman–Crippen LogP) is -1.05. The van der Waals surface area contributed by atoms with Gasteiger partial charge in [0.2, 0.25) is 0 Å². The zero-order chi connectivity index (χ0) is 13.4. The molecule has 0 aromatic heterocycles. The second-order valence-corrected chi connectivity index (χ2v) is 3.24. The fourth-order valence-corrected chi connectivity index (χ4v) is 1.06. The van der Waals surface area contributed by atoms with E-state index in [9.17, 15) is 19.2 Å². The first kappa shape index (κ1) is 13.9. The predicted molar refractivity (Wildman–Crippen MR) is 53.1 cm³/mol. The van der Waals surface area contributed by atoms with Gasteiger partial charge < -0.3 is 18.9 Å². The quantitative estimate of drug-likeness (QED) is 0.309. The Balaban J connectivity index is 2.46. The van der Waals surface area contributed by atoms with Crippen molar-refractivity contribution in [3.8, 4) is 0 Å². The lowest BCUT2D eigenvalue weighted by atomic mass is 10.4. The minimum absolute atomic E-state index is 0.188. The van der Waals surface area contributed by atoms with E-state index in [1.807, 2.05) is 0 Å². The first-order valence-electron chi connectivity index (χ1n) is 5.20. The third-order valence-electron chi connectivity index (χ3n) is 1.80. The summed E-state index contributed by atoms with van der Waals surface area (Å²) in [6.45, 7) is -0.750. The maximum absolute atomic E-state index is 11.0. The topological polar surface area (TPSA) is 105 Å². The van der Waals surface area contributed by atoms with Crippen LogP contribution in [0, 0.1) is 0 Å². The molecule has 0 saturated carbocycles. The summed E-state index contributed by atoms with van der Waals surface area (Å²) < 4.78 is 18.4. The third-order valence-corrected chi connectivity index (χ3v) is 1.80. The van der Waals surface area contributed by atoms with E-state index in [-0.39, 0.29) is 26.4 Å². The van der Waals surface area contributed by atoms with Crippen molar-refractivity contribution in [3.05, 3.63) is 0 Å². The van der Waals surface area contributed by atoms with Crippen LogP contribution in [0.5, 0.6) is 0 Å². The Bertz CT molecular complexity index is 282. The zero-order valence-corrected chi connectivity index (χ0v) is 9.51. The minimum atomic E-state index is -0.773. The van der Waals surface area contributed by atoms with E-state index in [0.717, 1.165) is 0 Å². The molecule has 0 N–H and O–H groups in total. The molecule has 1 fully saturated rings. The number of esters is 4. The average molecular weight is 260 g/mol. The van der Waals surface area contributed by atoms with Crippen molar-refractivity contribution >= 4 is 23.9 Å². The van der Waals surface area contributed by atoms with E-state index >= 15 is 0 Å². The lowest BCUT2D eigenvalue weighted by Crippen LogP contribution is -2.22. The molecule has 8 heteroatoms. The highest BCUT2D eigenvalue weighted by atomic mass is 16.6. The van der Waals surface area contributed by atoms with Crippen LogP contribution in [0.1, 0.15) is 12.8 Å². The summed E-state index contributed by atoms with van der Waals surface area (Å²) in [6, 6.07) is 0. The van der Waals surface area contributed by atoms with Gasteiger partial charge in [-0.1, -0.05) is 0 Å². The molecule has 8 nitrogen and oxygen atoms in total. The molecule has 0 atom stereocenters. The highest BCUT2D eigenvalue weighted by molar-refractivity contribution is 5.92. The van der Waals surface area contributed by atoms with Gasteiger partial charge in [0.15, 0.2) is 0 Å². The van der Waals surface area contributed by atoms with Crippen molar-refractivity contribution in [2.24, 2.45) is 0 Å². The third kappa shape index (κ3) is 5.83. The van der Waals surface area contributed by atoms with E-state index < -0.39 is 36.7 Å². The number of ether oxygens (including phenoxy) is 4. The monoisotopic (exact) mass is 260 g/mol. The van der Waals surface area contributed by atoms with Gasteiger partial charge in [-0.3, -0.25) is 19.2 Å². The van der Waals surface area contributed by atoms with Gasteiger partial charge in [0.1, 0.15) is 39.3 Å². The van der Waals surface area contributed by atoms with Crippen molar-refractivity contribution in [1.29, 1.82) is 0 Å². The molecule has 0 aromatic carbocycles. The number of carbonyl (C=O) groups excluding carboxylic acids is 4. The molecule has 0 unspecified atom stereocenters. The Hall–Kier alpha value is -2.12. The highest BCUT2D eigenvalue weighted by Crippen LogP contribution is 1.96. The maximum Gasteiger partial charge on any atom is 0.317 e. The number of rotatable bonds is 0. The number of carbonyl (C=O) groups is 4. The van der Waals surface area contributed by atoms with Gasteiger partial charge in [0, 0.05) is 0 Å². The summed E-state index contributed by atoms with van der Waals surface area (Å²) in [7, 11) is 0. The van der Waals surface area contributed by atoms with Crippen molar-refractivity contribution in [1.82, 2.24) is 0 Å². The summed E-state index contributed by atoms with van der Waals surface area (Å²) in [5.74, 6) is -3.09. The summed E-state index contributed by atoms with van der Waals surface area (Å²) in [5, 5.41) is 0. The SMILES string of the molecule is O=C1CC(=O)OCCOC(=O)CC(=O)OCCO1. The smallest absolute Gasteiger partial charge is 0.317 e. The molecule has 1 saturated heterocycles. The van der Waals surface area contributed by atoms with Gasteiger partial charge in [-0.05, 0) is 0 Å². The van der Waals surface area contributed by atoms with Crippen molar-refractivity contribution in [2.75, 3.05) is 26.4 Å². The maximum atomic E-state index is 11.0. The van der Waals surface area contributed by atoms with Crippen LogP contribution in [0.4, 0.5) is 0 Å². The van der Waals surface area contributed by atoms with Gasteiger partial charge in [-0.25, -0.2) is 0 Å². The molecule has 18 heavy (non-hydrogen) atoms. The Morgan fingerprint density at radius 1 is 0.500 bits per heavy atom. The molecule has 0 radical (unpaired) electrons. The van der Waals surface area contributed by atoms with E-state index in [1.165, 1.54) is 0 Å². The van der Waals surface area contributed by atoms with Gasteiger partial charge in [-0.2, -0.15) is 0 Å². The molecule has 0 aliphatic carbocycles. The lowest BCUT2D eigenvalue weighted by Gasteiger charge is -2.09. The van der Waals surface area contributed by atoms with Crippen LogP contribution in [0.2, 0.25) is 0 Å². The van der Waals surface area contributed by atoms with Gasteiger partial charge in [-0.15, -0.1) is 0 Å². The Labute approximate surface area is 102 Å². The molecular weight excluding hydrogens is 248 g/mol. The fraction of sp³-hybridized carbons (Fsp3) is 0.600. The number of hydrogen-bond acceptors (Lipinski definition) is 8. The molecule has 1 aliphatic heterocycles. The first-order valence-corrected chi connectivity index (χ1v) is 5.20. The molecule has 0 amide bonds. The minimum Gasteiger partial charge on any atom is -0.462 e. The summed E-state index contributed by atoms with van der Waals surface area (Å²) >= 11 is 0. The molecular formula is C10H12O8. The standard InChI is InChI=1S/C10H12O8/c11-7-5-9(13)17-3-4-18-10(14)6-8(12)16-2-1-15-7/h1-6H2. The molecule has 1 aliphatic rings. The van der Waals surface area contributed by atoms with Crippen molar-refractivity contribution in [2.45, 2.75) is 12.8 Å². The largest absolute Gasteiger partial charge is 0.462 e. The summed E-state index contributed by atoms with van der Waals surface area (Å²) in [6.07, 6.45) is -1.08. The van der Waals surface area contributed by atoms with Gasteiger partial charge in [0.25, 0.3) is 0 Å². The van der Waals surface area contributed by atoms with Crippen LogP contribution in [-0.2, 0) is 38.1 Å². The van der Waals surface area contributed by atoms with Crippen molar-refractivity contribution in [3.63, 3.8) is 0 Å². The zero-order valence-electron chi connectivity index (χ0n) is 9.51. The van der Waals surface area contributed by atoms with Gasteiger partial charge >= 0.3 is 23.9 Å². The molecule has 100 valence electrons. The Kier molecular flexibility index (Phi) is 5.62. The van der Waals surface area contributed by atoms with Crippen LogP contribution in [0.15, 0.2) is 0 Å². The molecule has 1 heterocycles. The Morgan fingerprint density at radius 2 is 0.722 bits per heavy atom. The second kappa shape index (κ2) is 7.25. The first-order chi connectivity index (χ1) is 8.58.